The highest BCUT2D eigenvalue weighted by Gasteiger charge is 2.28. The molecule has 1 fully saturated rings. The van der Waals surface area contributed by atoms with Gasteiger partial charge in [0, 0.05) is 31.0 Å². The number of nitrogens with zero attached hydrogens (tertiary/aromatic N) is 1. The molecule has 1 aliphatic rings. The van der Waals surface area contributed by atoms with E-state index < -0.39 is 5.60 Å². The molecular weight excluding hydrogens is 291 g/mol. The summed E-state index contributed by atoms with van der Waals surface area (Å²) in [5.41, 5.74) is 1.81. The van der Waals surface area contributed by atoms with Crippen LogP contribution in [0.1, 0.15) is 37.7 Å². The quantitative estimate of drug-likeness (QED) is 0.885. The Kier molecular flexibility index (Phi) is 5.03. The maximum atomic E-state index is 14.3. The SMILES string of the molecule is OC1(CNCc2ccc(-c3ccncc3)cc2F)CCCCC1. The van der Waals surface area contributed by atoms with Gasteiger partial charge in [0.25, 0.3) is 0 Å². The number of pyridine rings is 1. The minimum absolute atomic E-state index is 0.220. The van der Waals surface area contributed by atoms with Gasteiger partial charge in [-0.05, 0) is 42.2 Å². The van der Waals surface area contributed by atoms with Gasteiger partial charge in [-0.2, -0.15) is 0 Å². The number of benzene rings is 1. The van der Waals surface area contributed by atoms with E-state index in [0.29, 0.717) is 18.7 Å². The number of rotatable bonds is 5. The van der Waals surface area contributed by atoms with Gasteiger partial charge in [0.15, 0.2) is 0 Å². The Morgan fingerprint density at radius 1 is 1.04 bits per heavy atom. The summed E-state index contributed by atoms with van der Waals surface area (Å²) in [6.45, 7) is 0.962. The summed E-state index contributed by atoms with van der Waals surface area (Å²) in [7, 11) is 0. The Morgan fingerprint density at radius 3 is 2.48 bits per heavy atom. The van der Waals surface area contributed by atoms with Gasteiger partial charge in [-0.25, -0.2) is 4.39 Å². The van der Waals surface area contributed by atoms with E-state index in [-0.39, 0.29) is 5.82 Å². The molecule has 3 rings (SSSR count). The zero-order valence-corrected chi connectivity index (χ0v) is 13.3. The van der Waals surface area contributed by atoms with Crippen molar-refractivity contribution in [1.82, 2.24) is 10.3 Å². The van der Waals surface area contributed by atoms with E-state index in [2.05, 4.69) is 10.3 Å². The van der Waals surface area contributed by atoms with Gasteiger partial charge in [-0.1, -0.05) is 31.4 Å². The Hall–Kier alpha value is -1.78. The average molecular weight is 314 g/mol. The van der Waals surface area contributed by atoms with Crippen LogP contribution in [-0.2, 0) is 6.54 Å². The summed E-state index contributed by atoms with van der Waals surface area (Å²) in [5.74, 6) is -0.220. The van der Waals surface area contributed by atoms with E-state index in [1.54, 1.807) is 18.5 Å². The molecule has 23 heavy (non-hydrogen) atoms. The molecule has 0 amide bonds. The molecule has 1 heterocycles. The molecule has 1 aliphatic carbocycles. The number of hydrogen-bond acceptors (Lipinski definition) is 3. The van der Waals surface area contributed by atoms with Crippen LogP contribution in [0, 0.1) is 5.82 Å². The van der Waals surface area contributed by atoms with Gasteiger partial charge in [0.1, 0.15) is 5.82 Å². The molecule has 3 nitrogen and oxygen atoms in total. The van der Waals surface area contributed by atoms with Gasteiger partial charge < -0.3 is 10.4 Å². The van der Waals surface area contributed by atoms with Crippen molar-refractivity contribution in [2.24, 2.45) is 0 Å². The molecule has 122 valence electrons. The first kappa shape index (κ1) is 16.1. The third-order valence-electron chi connectivity index (χ3n) is 4.62. The second kappa shape index (κ2) is 7.20. The van der Waals surface area contributed by atoms with Crippen molar-refractivity contribution >= 4 is 0 Å². The molecule has 0 radical (unpaired) electrons. The lowest BCUT2D eigenvalue weighted by atomic mass is 9.85. The van der Waals surface area contributed by atoms with Crippen LogP contribution in [0.3, 0.4) is 0 Å². The normalized spacial score (nSPS) is 17.1. The van der Waals surface area contributed by atoms with E-state index in [0.717, 1.165) is 36.8 Å². The van der Waals surface area contributed by atoms with Gasteiger partial charge in [-0.3, -0.25) is 4.98 Å². The van der Waals surface area contributed by atoms with Crippen LogP contribution < -0.4 is 5.32 Å². The zero-order valence-electron chi connectivity index (χ0n) is 13.3. The van der Waals surface area contributed by atoms with Crippen molar-refractivity contribution in [3.8, 4) is 11.1 Å². The first-order valence-electron chi connectivity index (χ1n) is 8.28. The van der Waals surface area contributed by atoms with Crippen LogP contribution in [0.25, 0.3) is 11.1 Å². The van der Waals surface area contributed by atoms with E-state index in [9.17, 15) is 9.50 Å². The first-order chi connectivity index (χ1) is 11.2. The third-order valence-corrected chi connectivity index (χ3v) is 4.62. The molecule has 0 bridgehead atoms. The van der Waals surface area contributed by atoms with Crippen molar-refractivity contribution in [3.05, 3.63) is 54.1 Å². The van der Waals surface area contributed by atoms with Crippen LogP contribution in [0.4, 0.5) is 4.39 Å². The minimum atomic E-state index is -0.619. The molecular formula is C19H23FN2O. The third kappa shape index (κ3) is 4.15. The van der Waals surface area contributed by atoms with E-state index in [1.807, 2.05) is 24.3 Å². The lowest BCUT2D eigenvalue weighted by Crippen LogP contribution is -2.42. The zero-order chi connectivity index (χ0) is 16.1. The second-order valence-corrected chi connectivity index (χ2v) is 6.43. The highest BCUT2D eigenvalue weighted by atomic mass is 19.1. The Bertz CT molecular complexity index is 639. The van der Waals surface area contributed by atoms with Crippen LogP contribution in [0.15, 0.2) is 42.7 Å². The molecule has 0 aliphatic heterocycles. The molecule has 0 spiro atoms. The minimum Gasteiger partial charge on any atom is -0.389 e. The number of aliphatic hydroxyl groups is 1. The Morgan fingerprint density at radius 2 is 1.78 bits per heavy atom. The first-order valence-corrected chi connectivity index (χ1v) is 8.28. The largest absolute Gasteiger partial charge is 0.389 e. The predicted octanol–water partition coefficient (Wildman–Crippen LogP) is 3.67. The standard InChI is InChI=1S/C19H23FN2O/c20-18-12-16(15-6-10-21-11-7-15)4-5-17(18)13-22-14-19(23)8-2-1-3-9-19/h4-7,10-12,22-23H,1-3,8-9,13-14H2. The number of hydrogen-bond donors (Lipinski definition) is 2. The molecule has 1 aromatic heterocycles. The number of nitrogens with one attached hydrogen (secondary N) is 1. The fourth-order valence-electron chi connectivity index (χ4n) is 3.23. The van der Waals surface area contributed by atoms with Crippen LogP contribution in [0.5, 0.6) is 0 Å². The molecule has 2 aromatic rings. The van der Waals surface area contributed by atoms with Crippen molar-refractivity contribution < 1.29 is 9.50 Å². The summed E-state index contributed by atoms with van der Waals surface area (Å²) in [4.78, 5) is 3.97. The van der Waals surface area contributed by atoms with Gasteiger partial charge in [-0.15, -0.1) is 0 Å². The summed E-state index contributed by atoms with van der Waals surface area (Å²) < 4.78 is 14.3. The smallest absolute Gasteiger partial charge is 0.128 e. The monoisotopic (exact) mass is 314 g/mol. The molecule has 2 N–H and O–H groups in total. The van der Waals surface area contributed by atoms with Crippen molar-refractivity contribution in [1.29, 1.82) is 0 Å². The maximum absolute atomic E-state index is 14.3. The van der Waals surface area contributed by atoms with E-state index in [1.165, 1.54) is 6.42 Å². The van der Waals surface area contributed by atoms with Gasteiger partial charge >= 0.3 is 0 Å². The summed E-state index contributed by atoms with van der Waals surface area (Å²) >= 11 is 0. The average Bonchev–Trinajstić information content (AvgIpc) is 2.58. The van der Waals surface area contributed by atoms with Crippen LogP contribution in [-0.4, -0.2) is 22.2 Å². The predicted molar refractivity (Wildman–Crippen MR) is 89.4 cm³/mol. The second-order valence-electron chi connectivity index (χ2n) is 6.43. The lowest BCUT2D eigenvalue weighted by Gasteiger charge is -2.32. The fraction of sp³-hybridized carbons (Fsp3) is 0.421. The molecule has 0 atom stereocenters. The van der Waals surface area contributed by atoms with Crippen molar-refractivity contribution in [3.63, 3.8) is 0 Å². The van der Waals surface area contributed by atoms with Crippen LogP contribution in [0.2, 0.25) is 0 Å². The molecule has 0 saturated heterocycles. The van der Waals surface area contributed by atoms with Crippen molar-refractivity contribution in [2.75, 3.05) is 6.54 Å². The van der Waals surface area contributed by atoms with Gasteiger partial charge in [0.05, 0.1) is 5.60 Å². The Balaban J connectivity index is 1.60. The fourth-order valence-corrected chi connectivity index (χ4v) is 3.23. The molecule has 0 unspecified atom stereocenters. The highest BCUT2D eigenvalue weighted by molar-refractivity contribution is 5.63. The highest BCUT2D eigenvalue weighted by Crippen LogP contribution is 2.27. The maximum Gasteiger partial charge on any atom is 0.128 e. The molecule has 1 aromatic carbocycles. The van der Waals surface area contributed by atoms with Crippen molar-refractivity contribution in [2.45, 2.75) is 44.2 Å². The topological polar surface area (TPSA) is 45.1 Å². The van der Waals surface area contributed by atoms with Gasteiger partial charge in [0.2, 0.25) is 0 Å². The molecule has 4 heteroatoms. The number of aromatic nitrogens is 1. The Labute approximate surface area is 136 Å². The number of halogens is 1. The van der Waals surface area contributed by atoms with E-state index in [4.69, 9.17) is 0 Å². The molecule has 1 saturated carbocycles. The summed E-state index contributed by atoms with van der Waals surface area (Å²) in [5, 5.41) is 13.7. The summed E-state index contributed by atoms with van der Waals surface area (Å²) in [6, 6.07) is 9.02. The van der Waals surface area contributed by atoms with Crippen LogP contribution >= 0.6 is 0 Å². The lowest BCUT2D eigenvalue weighted by molar-refractivity contribution is 0.00462. The summed E-state index contributed by atoms with van der Waals surface area (Å²) in [6.07, 6.45) is 8.43. The van der Waals surface area contributed by atoms with E-state index >= 15 is 0 Å².